The molecule has 7 heteroatoms. The molecule has 6 heterocycles. The number of fused-ring (bicyclic) bond motifs is 3. The quantitative estimate of drug-likeness (QED) is 0.119. The summed E-state index contributed by atoms with van der Waals surface area (Å²) < 4.78 is 5.24. The molecule has 1 N–H and O–H groups in total. The molecule has 0 fully saturated rings. The molecule has 0 amide bonds. The maximum Gasteiger partial charge on any atom is -0.813 e. The van der Waals surface area contributed by atoms with E-state index in [1.165, 1.54) is 39.2 Å². The molecular formula is C44H32AlN4S2-. The van der Waals surface area contributed by atoms with Crippen LogP contribution in [-0.2, 0) is 27.0 Å². The van der Waals surface area contributed by atoms with Gasteiger partial charge in [0.1, 0.15) is 0 Å². The Morgan fingerprint density at radius 3 is 1.80 bits per heavy atom. The summed E-state index contributed by atoms with van der Waals surface area (Å²) in [5.74, 6) is 0. The van der Waals surface area contributed by atoms with Crippen LogP contribution in [0.15, 0.2) is 175 Å². The van der Waals surface area contributed by atoms with E-state index in [-0.39, 0.29) is 48.3 Å². The maximum atomic E-state index is 5.44. The second kappa shape index (κ2) is 13.5. The summed E-state index contributed by atoms with van der Waals surface area (Å²) in [6, 6.07) is 52.3. The molecule has 7 aromatic rings. The van der Waals surface area contributed by atoms with Gasteiger partial charge in [0, 0.05) is 0 Å². The summed E-state index contributed by atoms with van der Waals surface area (Å²) in [5.41, 5.74) is 15.1. The van der Waals surface area contributed by atoms with Crippen molar-refractivity contribution < 1.29 is 0 Å². The minimum absolute atomic E-state index is 0. The normalized spacial score (nSPS) is 19.0. The fraction of sp³-hybridized carbons (Fsp3) is 0.0227. The van der Waals surface area contributed by atoms with E-state index in [1.807, 2.05) is 0 Å². The van der Waals surface area contributed by atoms with Crippen LogP contribution in [0.3, 0.4) is 0 Å². The van der Waals surface area contributed by atoms with Crippen LogP contribution >= 0.6 is 0 Å². The summed E-state index contributed by atoms with van der Waals surface area (Å²) in [6.45, 7) is 0. The summed E-state index contributed by atoms with van der Waals surface area (Å²) in [4.78, 5) is 9.36. The molecule has 3 aliphatic heterocycles. The predicted octanol–water partition coefficient (Wildman–Crippen LogP) is 7.26. The van der Waals surface area contributed by atoms with E-state index >= 15 is 0 Å². The van der Waals surface area contributed by atoms with Crippen LogP contribution in [0.1, 0.15) is 34.1 Å². The molecule has 3 aromatic heterocycles. The van der Waals surface area contributed by atoms with Crippen LogP contribution in [0.4, 0.5) is 0 Å². The van der Waals surface area contributed by atoms with E-state index in [1.54, 1.807) is 0 Å². The standard InChI is InChI=1S/C44H30N4.Al.2H2S/c1-5-13-29(14-6-1)41-33-21-23-35(45-33)42(30-15-7-2-8-16-30)37-25-27-39(47-37)44(32-19-11-4-12-20-32)40-28-26-38(48-40)43(31-17-9-3-10-18-31)36-24-22-34(41)46-36;;;/h1-28,33,46H;;2*1H2/q-2;+3;;/p-2/b41-34-,42-35?,43-36-,44-40-;;;/t33-;;;/m1.../s1. The number of nitrogens with zero attached hydrogens (tertiary/aromatic N) is 3. The topological polar surface area (TPSA) is 37.5 Å². The number of aromatic amines is 1. The van der Waals surface area contributed by atoms with Crippen LogP contribution in [-0.4, -0.2) is 32.8 Å². The van der Waals surface area contributed by atoms with Gasteiger partial charge < -0.3 is 27.0 Å². The van der Waals surface area contributed by atoms with Gasteiger partial charge in [0.15, 0.2) is 0 Å². The van der Waals surface area contributed by atoms with Gasteiger partial charge in [0.25, 0.3) is 0 Å². The number of rotatable bonds is 4. The van der Waals surface area contributed by atoms with Gasteiger partial charge in [-0.1, -0.05) is 0 Å². The molecule has 0 spiro atoms. The Morgan fingerprint density at radius 1 is 0.549 bits per heavy atom. The monoisotopic (exact) mass is 707 g/mol. The van der Waals surface area contributed by atoms with Gasteiger partial charge in [0.2, 0.25) is 0 Å². The number of nitrogens with one attached hydrogen (secondary N) is 1. The van der Waals surface area contributed by atoms with Crippen molar-refractivity contribution in [3.8, 4) is 11.1 Å². The van der Waals surface area contributed by atoms with Gasteiger partial charge in [0.05, 0.1) is 0 Å². The second-order valence-electron chi connectivity index (χ2n) is 12.7. The maximum absolute atomic E-state index is 5.44. The van der Waals surface area contributed by atoms with Crippen LogP contribution in [0.5, 0.6) is 0 Å². The zero-order chi connectivity index (χ0) is 32.3. The molecule has 51 heavy (non-hydrogen) atoms. The Morgan fingerprint density at radius 2 is 1.14 bits per heavy atom. The second-order valence-corrected chi connectivity index (χ2v) is 14.0. The van der Waals surface area contributed by atoms with Crippen LogP contribution in [0.2, 0.25) is 0 Å². The molecular weight excluding hydrogens is 676 g/mol. The van der Waals surface area contributed by atoms with Crippen LogP contribution in [0.25, 0.3) is 39.4 Å². The fourth-order valence-electron chi connectivity index (χ4n) is 7.75. The van der Waals surface area contributed by atoms with Crippen molar-refractivity contribution in [2.45, 2.75) is 6.04 Å². The molecule has 1 atom stereocenters. The van der Waals surface area contributed by atoms with Gasteiger partial charge in [-0.15, -0.1) is 0 Å². The number of aliphatic imine (C=N–C) groups is 1. The molecule has 4 nitrogen and oxygen atoms in total. The first kappa shape index (κ1) is 33.0. The summed E-state index contributed by atoms with van der Waals surface area (Å²) in [6.07, 6.45) is 9.14. The number of thiol groups is 2. The average molecular weight is 708 g/mol. The van der Waals surface area contributed by atoms with Crippen molar-refractivity contribution in [2.75, 3.05) is 0 Å². The molecule has 0 radical (unpaired) electrons. The van der Waals surface area contributed by atoms with E-state index in [9.17, 15) is 0 Å². The number of benzene rings is 4. The first-order chi connectivity index (χ1) is 24.3. The Balaban J connectivity index is 0.00000187. The van der Waals surface area contributed by atoms with Crippen molar-refractivity contribution in [3.05, 3.63) is 208 Å². The summed E-state index contributed by atoms with van der Waals surface area (Å²) in [7, 11) is 0. The minimum atomic E-state index is -0.356. The molecule has 0 unspecified atom stereocenters. The predicted molar refractivity (Wildman–Crippen MR) is 219 cm³/mol. The molecule has 3 aliphatic rings. The Hall–Kier alpha value is -5.16. The Labute approximate surface area is 316 Å². The molecule has 6 bridgehead atoms. The van der Waals surface area contributed by atoms with Gasteiger partial charge in [-0.25, -0.2) is 0 Å². The van der Waals surface area contributed by atoms with E-state index in [2.05, 4.69) is 182 Å². The van der Waals surface area contributed by atoms with Crippen molar-refractivity contribution in [2.24, 2.45) is 4.99 Å². The van der Waals surface area contributed by atoms with E-state index < -0.39 is 0 Å². The number of hydrogen-bond donors (Lipinski definition) is 1. The SMILES string of the molecule is C1=C/C2=C(\c3ccccc3)c3ccc4c(-c5ccccc5)c5[n]([Al+][n]34)[C@H](C=C5)/C(c3ccccc3)=c3/cc/c([nH]3)=C(\c3ccccc3)C1=N2.[SH-].[SH-]. The van der Waals surface area contributed by atoms with Gasteiger partial charge in [-0.3, -0.25) is 0 Å². The third-order valence-electron chi connectivity index (χ3n) is 9.91. The van der Waals surface area contributed by atoms with Crippen LogP contribution < -0.4 is 10.7 Å². The molecule has 10 rings (SSSR count). The largest absolute Gasteiger partial charge is 0.813 e. The number of aromatic nitrogens is 3. The minimum Gasteiger partial charge on any atom is -0.813 e. The average Bonchev–Trinajstić information content (AvgIpc) is 3.99. The number of hydrogen-bond acceptors (Lipinski definition) is 3. The first-order valence-electron chi connectivity index (χ1n) is 16.8. The molecule has 0 saturated heterocycles. The van der Waals surface area contributed by atoms with Gasteiger partial charge in [-0.05, 0) is 0 Å². The van der Waals surface area contributed by atoms with Crippen molar-refractivity contribution in [3.63, 3.8) is 0 Å². The van der Waals surface area contributed by atoms with E-state index in [0.29, 0.717) is 0 Å². The van der Waals surface area contributed by atoms with Crippen molar-refractivity contribution in [1.29, 1.82) is 0 Å². The van der Waals surface area contributed by atoms with Crippen molar-refractivity contribution >= 4 is 76.2 Å². The third kappa shape index (κ3) is 5.45. The van der Waals surface area contributed by atoms with E-state index in [0.717, 1.165) is 44.4 Å². The van der Waals surface area contributed by atoms with Gasteiger partial charge >= 0.3 is 292 Å². The Kier molecular flexibility index (Phi) is 8.75. The molecule has 0 aliphatic carbocycles. The zero-order valence-electron chi connectivity index (χ0n) is 27.6. The number of H-pyrrole nitrogens is 1. The third-order valence-corrected chi connectivity index (χ3v) is 11.5. The molecule has 244 valence electrons. The van der Waals surface area contributed by atoms with E-state index in [4.69, 9.17) is 4.99 Å². The molecule has 4 aromatic carbocycles. The molecule has 0 saturated carbocycles. The number of allylic oxidation sites excluding steroid dienone is 3. The summed E-state index contributed by atoms with van der Waals surface area (Å²) in [5, 5.41) is 2.17. The zero-order valence-corrected chi connectivity index (χ0v) is 30.5. The van der Waals surface area contributed by atoms with Crippen LogP contribution in [0, 0.1) is 0 Å². The smallest absolute Gasteiger partial charge is 0.813 e. The Bertz CT molecular complexity index is 2690. The summed E-state index contributed by atoms with van der Waals surface area (Å²) >= 11 is -0.356. The fourth-order valence-corrected chi connectivity index (χ4v) is 9.41. The first-order valence-corrected chi connectivity index (χ1v) is 17.8. The van der Waals surface area contributed by atoms with Gasteiger partial charge in [-0.2, -0.15) is 0 Å². The van der Waals surface area contributed by atoms with Crippen molar-refractivity contribution in [1.82, 2.24) is 11.9 Å².